The van der Waals surface area contributed by atoms with E-state index in [0.29, 0.717) is 0 Å². The highest BCUT2D eigenvalue weighted by molar-refractivity contribution is 6.19. The Morgan fingerprint density at radius 3 is 1.57 bits per heavy atom. The molecule has 0 saturated heterocycles. The first-order chi connectivity index (χ1) is 32.0. The van der Waals surface area contributed by atoms with E-state index in [9.17, 15) is 0 Å². The largest absolute Gasteiger partial charge is 0.0761 e. The molecule has 0 heteroatoms. The molecule has 4 unspecified atom stereocenters. The molecule has 0 heterocycles. The highest BCUT2D eigenvalue weighted by Crippen LogP contribution is 2.52. The maximum atomic E-state index is 2.49. The van der Waals surface area contributed by atoms with Gasteiger partial charge in [-0.2, -0.15) is 0 Å². The molecule has 7 aromatic rings. The molecule has 0 amide bonds. The molecule has 65 heavy (non-hydrogen) atoms. The van der Waals surface area contributed by atoms with E-state index in [-0.39, 0.29) is 29.1 Å². The first-order valence-electron chi connectivity index (χ1n) is 23.6. The van der Waals surface area contributed by atoms with Crippen LogP contribution in [0.15, 0.2) is 235 Å². The smallest absolute Gasteiger partial charge is 0.0159 e. The molecular weight excluding hydrogens is 781 g/mol. The van der Waals surface area contributed by atoms with Gasteiger partial charge < -0.3 is 0 Å². The Bertz CT molecular complexity index is 3510. The van der Waals surface area contributed by atoms with E-state index in [1.165, 1.54) is 110 Å². The van der Waals surface area contributed by atoms with Crippen molar-refractivity contribution in [2.24, 2.45) is 23.7 Å². The van der Waals surface area contributed by atoms with E-state index in [1.807, 2.05) is 0 Å². The average molecular weight is 831 g/mol. The summed E-state index contributed by atoms with van der Waals surface area (Å²) in [6.07, 6.45) is 30.8. The number of allylic oxidation sites excluding steroid dienone is 16. The molecular formula is C65H50. The van der Waals surface area contributed by atoms with Gasteiger partial charge >= 0.3 is 0 Å². The van der Waals surface area contributed by atoms with Crippen LogP contribution in [0.25, 0.3) is 60.5 Å². The van der Waals surface area contributed by atoms with Gasteiger partial charge in [0.05, 0.1) is 0 Å². The van der Waals surface area contributed by atoms with Crippen LogP contribution < -0.4 is 10.4 Å². The molecule has 13 rings (SSSR count). The van der Waals surface area contributed by atoms with E-state index in [4.69, 9.17) is 0 Å². The second-order valence-corrected chi connectivity index (χ2v) is 19.3. The molecule has 4 atom stereocenters. The second kappa shape index (κ2) is 14.9. The third kappa shape index (κ3) is 5.83. The van der Waals surface area contributed by atoms with Gasteiger partial charge in [0.1, 0.15) is 0 Å². The van der Waals surface area contributed by atoms with Gasteiger partial charge in [0.25, 0.3) is 0 Å². The van der Waals surface area contributed by atoms with Crippen LogP contribution in [-0.2, 0) is 5.41 Å². The molecule has 6 aliphatic carbocycles. The Labute approximate surface area is 382 Å². The molecule has 7 aromatic carbocycles. The molecule has 0 fully saturated rings. The maximum absolute atomic E-state index is 2.49. The van der Waals surface area contributed by atoms with Crippen molar-refractivity contribution in [3.63, 3.8) is 0 Å². The summed E-state index contributed by atoms with van der Waals surface area (Å²) in [5, 5.41) is 8.04. The van der Waals surface area contributed by atoms with Crippen LogP contribution in [-0.4, -0.2) is 0 Å². The van der Waals surface area contributed by atoms with Gasteiger partial charge in [0.2, 0.25) is 0 Å². The molecule has 0 bridgehead atoms. The highest BCUT2D eigenvalue weighted by atomic mass is 14.4. The normalized spacial score (nSPS) is 22.1. The number of hydrogen-bond donors (Lipinski definition) is 0. The van der Waals surface area contributed by atoms with E-state index in [1.54, 1.807) is 0 Å². The molecule has 0 aromatic heterocycles. The van der Waals surface area contributed by atoms with Crippen molar-refractivity contribution in [2.45, 2.75) is 32.1 Å². The average Bonchev–Trinajstić information content (AvgIpc) is 3.59. The molecule has 0 saturated carbocycles. The van der Waals surface area contributed by atoms with Crippen molar-refractivity contribution < 1.29 is 0 Å². The van der Waals surface area contributed by atoms with E-state index < -0.39 is 0 Å². The standard InChI is InChI=1S/C65H50/c1-65(2)59-31-17-16-22-48(59)49-37-36-44(40-60(49)65)63-52-25-10-8-23-50(52)62(51-24-9-11-26-53(51)63)43-34-32-41(33-35-43)45-38-39-58(47-21-7-6-20-46(45)47)64-56-29-14-12-27-54(56)61(42-18-4-3-5-19-42)55-28-13-15-30-57(55)64/h3-32,34,36-40,46-47,54,56H,33,35H2,1-2H3. The summed E-state index contributed by atoms with van der Waals surface area (Å²) >= 11 is 0. The van der Waals surface area contributed by atoms with Gasteiger partial charge in [0, 0.05) is 29.1 Å². The number of hydrogen-bond acceptors (Lipinski definition) is 0. The van der Waals surface area contributed by atoms with Gasteiger partial charge in [-0.15, -0.1) is 0 Å². The molecule has 0 spiro atoms. The zero-order valence-corrected chi connectivity index (χ0v) is 37.0. The van der Waals surface area contributed by atoms with E-state index >= 15 is 0 Å². The number of fused-ring (bicyclic) bond motifs is 8. The predicted octanol–water partition coefficient (Wildman–Crippen LogP) is 14.7. The summed E-state index contributed by atoms with van der Waals surface area (Å²) in [6.45, 7) is 4.77. The van der Waals surface area contributed by atoms with Crippen LogP contribution in [0.2, 0.25) is 0 Å². The molecule has 0 radical (unpaired) electrons. The summed E-state index contributed by atoms with van der Waals surface area (Å²) in [4.78, 5) is 0. The van der Waals surface area contributed by atoms with Gasteiger partial charge in [0.15, 0.2) is 0 Å². The van der Waals surface area contributed by atoms with Gasteiger partial charge in [-0.1, -0.05) is 226 Å². The molecule has 0 aliphatic heterocycles. The summed E-state index contributed by atoms with van der Waals surface area (Å²) in [5.41, 5.74) is 19.5. The fraction of sp³-hybridized carbons (Fsp3) is 0.138. The third-order valence-electron chi connectivity index (χ3n) is 15.6. The summed E-state index contributed by atoms with van der Waals surface area (Å²) in [7, 11) is 0. The lowest BCUT2D eigenvalue weighted by atomic mass is 9.64. The van der Waals surface area contributed by atoms with Gasteiger partial charge in [-0.25, -0.2) is 0 Å². The minimum absolute atomic E-state index is 0.0574. The van der Waals surface area contributed by atoms with Crippen LogP contribution in [0.4, 0.5) is 0 Å². The van der Waals surface area contributed by atoms with Crippen molar-refractivity contribution in [1.29, 1.82) is 0 Å². The highest BCUT2D eigenvalue weighted by Gasteiger charge is 2.39. The number of benzene rings is 7. The van der Waals surface area contributed by atoms with Gasteiger partial charge in [-0.05, 0) is 129 Å². The zero-order valence-electron chi connectivity index (χ0n) is 37.0. The number of rotatable bonds is 5. The first kappa shape index (κ1) is 38.2. The van der Waals surface area contributed by atoms with Crippen LogP contribution in [0.1, 0.15) is 48.9 Å². The second-order valence-electron chi connectivity index (χ2n) is 19.3. The van der Waals surface area contributed by atoms with Gasteiger partial charge in [-0.3, -0.25) is 0 Å². The lowest BCUT2D eigenvalue weighted by Gasteiger charge is -2.39. The van der Waals surface area contributed by atoms with Crippen LogP contribution >= 0.6 is 0 Å². The molecule has 0 N–H and O–H groups in total. The van der Waals surface area contributed by atoms with Crippen molar-refractivity contribution in [1.82, 2.24) is 0 Å². The predicted molar refractivity (Wildman–Crippen MR) is 274 cm³/mol. The lowest BCUT2D eigenvalue weighted by Crippen LogP contribution is -2.41. The summed E-state index contributed by atoms with van der Waals surface area (Å²) < 4.78 is 0. The van der Waals surface area contributed by atoms with Crippen molar-refractivity contribution in [3.8, 4) is 22.3 Å². The Morgan fingerprint density at radius 2 is 0.892 bits per heavy atom. The Hall–Kier alpha value is -7.28. The topological polar surface area (TPSA) is 0 Å². The van der Waals surface area contributed by atoms with Crippen molar-refractivity contribution in [3.05, 3.63) is 268 Å². The quantitative estimate of drug-likeness (QED) is 0.152. The third-order valence-corrected chi connectivity index (χ3v) is 15.6. The van der Waals surface area contributed by atoms with Crippen LogP contribution in [0, 0.1) is 23.7 Å². The Kier molecular flexibility index (Phi) is 8.76. The van der Waals surface area contributed by atoms with Crippen molar-refractivity contribution in [2.75, 3.05) is 0 Å². The van der Waals surface area contributed by atoms with Crippen LogP contribution in [0.3, 0.4) is 0 Å². The minimum Gasteiger partial charge on any atom is -0.0761 e. The van der Waals surface area contributed by atoms with E-state index in [0.717, 1.165) is 12.8 Å². The lowest BCUT2D eigenvalue weighted by molar-refractivity contribution is 0.587. The summed E-state index contributed by atoms with van der Waals surface area (Å²) in [5.74, 6) is 1.11. The van der Waals surface area contributed by atoms with Crippen molar-refractivity contribution >= 4 is 38.3 Å². The fourth-order valence-corrected chi connectivity index (χ4v) is 12.7. The Morgan fingerprint density at radius 1 is 0.385 bits per heavy atom. The maximum Gasteiger partial charge on any atom is 0.0159 e. The van der Waals surface area contributed by atoms with E-state index in [2.05, 4.69) is 232 Å². The fourth-order valence-electron chi connectivity index (χ4n) is 12.7. The van der Waals surface area contributed by atoms with Crippen LogP contribution in [0.5, 0.6) is 0 Å². The summed E-state index contributed by atoms with van der Waals surface area (Å²) in [6, 6.07) is 54.7. The SMILES string of the molecule is CC1(C)c2ccccc2-c2ccc(-c3c4ccccc4c(C4=CC=C(C5=CC=C(C6=c7ccccc7=C(c7ccccc7)C7C=CC=CC67)C6C=CC=CC56)CC4)c4ccccc34)cc21. The molecule has 6 aliphatic rings. The monoisotopic (exact) mass is 830 g/mol. The zero-order chi connectivity index (χ0) is 43.2. The molecule has 0 nitrogen and oxygen atoms in total. The molecule has 310 valence electrons. The first-order valence-corrected chi connectivity index (χ1v) is 23.6. The Balaban J connectivity index is 0.927. The minimum atomic E-state index is -0.0574.